The van der Waals surface area contributed by atoms with Crippen LogP contribution in [0.4, 0.5) is 0 Å². The smallest absolute Gasteiger partial charge is 0.245 e. The molecule has 0 saturated carbocycles. The van der Waals surface area contributed by atoms with Gasteiger partial charge in [-0.05, 0) is 43.2 Å². The van der Waals surface area contributed by atoms with E-state index in [0.717, 1.165) is 11.1 Å². The summed E-state index contributed by atoms with van der Waals surface area (Å²) in [5, 5.41) is -0.403. The Kier molecular flexibility index (Phi) is 7.50. The topological polar surface area (TPSA) is 56.0 Å². The van der Waals surface area contributed by atoms with Gasteiger partial charge >= 0.3 is 0 Å². The average Bonchev–Trinajstić information content (AvgIpc) is 2.18. The number of hydrogen-bond acceptors (Lipinski definition) is 3. The second-order valence-corrected chi connectivity index (χ2v) is 3.46. The van der Waals surface area contributed by atoms with Crippen LogP contribution in [0.15, 0.2) is 36.2 Å². The molecular weight excluding hydrogens is 212 g/mol. The zero-order chi connectivity index (χ0) is 11.7. The lowest BCUT2D eigenvalue weighted by molar-refractivity contribution is -0.107. The van der Waals surface area contributed by atoms with Crippen LogP contribution in [-0.2, 0) is 11.3 Å². The van der Waals surface area contributed by atoms with E-state index in [1.54, 1.807) is 12.4 Å². The largest absolute Gasteiger partial charge is 0.326 e. The Balaban J connectivity index is 0.000000265. The number of rotatable bonds is 2. The van der Waals surface area contributed by atoms with Gasteiger partial charge in [-0.1, -0.05) is 11.6 Å². The molecule has 0 saturated heterocycles. The van der Waals surface area contributed by atoms with Crippen LogP contribution in [0.25, 0.3) is 0 Å². The van der Waals surface area contributed by atoms with Gasteiger partial charge in [-0.2, -0.15) is 0 Å². The molecule has 3 nitrogen and oxygen atoms in total. The van der Waals surface area contributed by atoms with Crippen LogP contribution in [0.3, 0.4) is 0 Å². The van der Waals surface area contributed by atoms with Crippen LogP contribution in [-0.4, -0.2) is 10.2 Å². The van der Waals surface area contributed by atoms with Crippen molar-refractivity contribution in [1.82, 2.24) is 4.98 Å². The highest BCUT2D eigenvalue weighted by atomic mass is 35.5. The fourth-order valence-electron chi connectivity index (χ4n) is 0.746. The van der Waals surface area contributed by atoms with E-state index >= 15 is 0 Å². The van der Waals surface area contributed by atoms with E-state index in [0.29, 0.717) is 6.54 Å². The van der Waals surface area contributed by atoms with Crippen LogP contribution in [0, 0.1) is 0 Å². The molecular formula is C11H15ClN2O. The third kappa shape index (κ3) is 9.12. The third-order valence-corrected chi connectivity index (χ3v) is 1.47. The molecule has 4 heteroatoms. The molecule has 15 heavy (non-hydrogen) atoms. The van der Waals surface area contributed by atoms with Gasteiger partial charge in [-0.3, -0.25) is 9.78 Å². The Labute approximate surface area is 95.0 Å². The summed E-state index contributed by atoms with van der Waals surface area (Å²) in [7, 11) is 0. The van der Waals surface area contributed by atoms with Gasteiger partial charge < -0.3 is 5.73 Å². The standard InChI is InChI=1S/C6H8N2.C5H7ClO/c7-4-6-2-1-3-8-5-6;1-4(2)3-5(6)7/h1-3,5H,4,7H2;3H,1-2H3. The number of hydrogen-bond donors (Lipinski definition) is 1. The molecule has 82 valence electrons. The van der Waals surface area contributed by atoms with E-state index in [-0.39, 0.29) is 0 Å². The number of nitrogens with two attached hydrogens (primary N) is 1. The monoisotopic (exact) mass is 226 g/mol. The van der Waals surface area contributed by atoms with Crippen molar-refractivity contribution in [1.29, 1.82) is 0 Å². The number of aromatic nitrogens is 1. The number of nitrogens with zero attached hydrogens (tertiary/aromatic N) is 1. The van der Waals surface area contributed by atoms with Crippen LogP contribution in [0.5, 0.6) is 0 Å². The number of allylic oxidation sites excluding steroid dienone is 2. The molecule has 0 atom stereocenters. The number of halogens is 1. The molecule has 0 radical (unpaired) electrons. The molecule has 1 aromatic heterocycles. The van der Waals surface area contributed by atoms with E-state index in [9.17, 15) is 4.79 Å². The molecule has 0 spiro atoms. The summed E-state index contributed by atoms with van der Waals surface area (Å²) in [6.45, 7) is 4.22. The number of carbonyl (C=O) groups excluding carboxylic acids is 1. The minimum absolute atomic E-state index is 0.403. The van der Waals surface area contributed by atoms with Crippen molar-refractivity contribution in [3.63, 3.8) is 0 Å². The Morgan fingerprint density at radius 2 is 2.27 bits per heavy atom. The summed E-state index contributed by atoms with van der Waals surface area (Å²) in [6.07, 6.45) is 4.88. The first-order chi connectivity index (χ1) is 7.06. The van der Waals surface area contributed by atoms with E-state index < -0.39 is 5.24 Å². The van der Waals surface area contributed by atoms with Crippen molar-refractivity contribution in [3.05, 3.63) is 41.7 Å². The lowest BCUT2D eigenvalue weighted by Crippen LogP contribution is -1.95. The summed E-state index contributed by atoms with van der Waals surface area (Å²) in [5.74, 6) is 0. The van der Waals surface area contributed by atoms with Crippen molar-refractivity contribution in [2.45, 2.75) is 20.4 Å². The van der Waals surface area contributed by atoms with Crippen LogP contribution in [0.2, 0.25) is 0 Å². The van der Waals surface area contributed by atoms with Crippen LogP contribution < -0.4 is 5.73 Å². The quantitative estimate of drug-likeness (QED) is 0.622. The van der Waals surface area contributed by atoms with E-state index in [1.807, 2.05) is 26.0 Å². The predicted octanol–water partition coefficient (Wildman–Crippen LogP) is 2.26. The Morgan fingerprint density at radius 3 is 2.47 bits per heavy atom. The number of carbonyl (C=O) groups is 1. The fraction of sp³-hybridized carbons (Fsp3) is 0.273. The molecule has 0 amide bonds. The maximum Gasteiger partial charge on any atom is 0.245 e. The molecule has 0 bridgehead atoms. The lowest BCUT2D eigenvalue weighted by Gasteiger charge is -1.89. The van der Waals surface area contributed by atoms with Crippen LogP contribution >= 0.6 is 11.6 Å². The zero-order valence-electron chi connectivity index (χ0n) is 8.90. The minimum Gasteiger partial charge on any atom is -0.326 e. The molecule has 1 heterocycles. The second kappa shape index (κ2) is 8.15. The lowest BCUT2D eigenvalue weighted by atomic mass is 10.3. The van der Waals surface area contributed by atoms with Gasteiger partial charge in [0.15, 0.2) is 0 Å². The molecule has 1 rings (SSSR count). The molecule has 0 aliphatic heterocycles. The summed E-state index contributed by atoms with van der Waals surface area (Å²) >= 11 is 4.96. The first kappa shape index (κ1) is 13.8. The molecule has 0 aliphatic carbocycles. The zero-order valence-corrected chi connectivity index (χ0v) is 9.66. The summed E-state index contributed by atoms with van der Waals surface area (Å²) < 4.78 is 0. The molecule has 0 unspecified atom stereocenters. The Morgan fingerprint density at radius 1 is 1.60 bits per heavy atom. The van der Waals surface area contributed by atoms with Crippen molar-refractivity contribution >= 4 is 16.8 Å². The normalized spacial score (nSPS) is 8.53. The van der Waals surface area contributed by atoms with Gasteiger partial charge in [0, 0.05) is 18.9 Å². The minimum atomic E-state index is -0.403. The van der Waals surface area contributed by atoms with E-state index in [1.165, 1.54) is 6.08 Å². The first-order valence-electron chi connectivity index (χ1n) is 4.49. The maximum absolute atomic E-state index is 9.94. The summed E-state index contributed by atoms with van der Waals surface area (Å²) in [6, 6.07) is 3.83. The van der Waals surface area contributed by atoms with Crippen molar-refractivity contribution < 1.29 is 4.79 Å². The third-order valence-electron chi connectivity index (χ3n) is 1.36. The molecule has 0 fully saturated rings. The molecule has 0 aromatic carbocycles. The van der Waals surface area contributed by atoms with Crippen molar-refractivity contribution in [3.8, 4) is 0 Å². The van der Waals surface area contributed by atoms with Crippen molar-refractivity contribution in [2.24, 2.45) is 5.73 Å². The van der Waals surface area contributed by atoms with Gasteiger partial charge in [0.2, 0.25) is 5.24 Å². The maximum atomic E-state index is 9.94. The predicted molar refractivity (Wildman–Crippen MR) is 62.4 cm³/mol. The molecule has 1 aromatic rings. The van der Waals surface area contributed by atoms with Gasteiger partial charge in [-0.15, -0.1) is 0 Å². The molecule has 0 aliphatic rings. The Hall–Kier alpha value is -1.19. The second-order valence-electron chi connectivity index (χ2n) is 3.09. The fourth-order valence-corrected chi connectivity index (χ4v) is 0.964. The highest BCUT2D eigenvalue weighted by Crippen LogP contribution is 1.91. The average molecular weight is 227 g/mol. The first-order valence-corrected chi connectivity index (χ1v) is 4.87. The van der Waals surface area contributed by atoms with Gasteiger partial charge in [0.1, 0.15) is 0 Å². The SMILES string of the molecule is CC(C)=CC(=O)Cl.NCc1cccnc1. The van der Waals surface area contributed by atoms with Crippen LogP contribution in [0.1, 0.15) is 19.4 Å². The van der Waals surface area contributed by atoms with Gasteiger partial charge in [0.25, 0.3) is 0 Å². The summed E-state index contributed by atoms with van der Waals surface area (Å²) in [5.41, 5.74) is 7.32. The Bertz CT molecular complexity index is 319. The van der Waals surface area contributed by atoms with E-state index in [2.05, 4.69) is 4.98 Å². The number of pyridine rings is 1. The molecule has 2 N–H and O–H groups in total. The highest BCUT2D eigenvalue weighted by molar-refractivity contribution is 6.66. The van der Waals surface area contributed by atoms with Crippen molar-refractivity contribution in [2.75, 3.05) is 0 Å². The highest BCUT2D eigenvalue weighted by Gasteiger charge is 1.83. The summed E-state index contributed by atoms with van der Waals surface area (Å²) in [4.78, 5) is 13.8. The van der Waals surface area contributed by atoms with Gasteiger partial charge in [0.05, 0.1) is 0 Å². The van der Waals surface area contributed by atoms with E-state index in [4.69, 9.17) is 17.3 Å². The van der Waals surface area contributed by atoms with Gasteiger partial charge in [-0.25, -0.2) is 0 Å².